The minimum absolute atomic E-state index is 0.426. The summed E-state index contributed by atoms with van der Waals surface area (Å²) in [7, 11) is 0. The van der Waals surface area contributed by atoms with Crippen LogP contribution in [0.2, 0.25) is 0 Å². The number of hydrogen-bond donors (Lipinski definition) is 3. The summed E-state index contributed by atoms with van der Waals surface area (Å²) in [6.07, 6.45) is 1.07. The van der Waals surface area contributed by atoms with Crippen molar-refractivity contribution in [2.75, 3.05) is 13.1 Å². The molecular weight excluding hydrogens is 284 g/mol. The number of carbonyl (C=O) groups is 1. The Balaban J connectivity index is 1.78. The van der Waals surface area contributed by atoms with Crippen LogP contribution in [0.1, 0.15) is 11.1 Å². The number of benzene rings is 1. The van der Waals surface area contributed by atoms with Crippen molar-refractivity contribution >= 4 is 22.0 Å². The van der Waals surface area contributed by atoms with Gasteiger partial charge in [-0.15, -0.1) is 0 Å². The van der Waals surface area contributed by atoms with Crippen molar-refractivity contribution in [3.8, 4) is 0 Å². The molecule has 1 aliphatic carbocycles. The van der Waals surface area contributed by atoms with Crippen molar-refractivity contribution < 1.29 is 9.90 Å². The van der Waals surface area contributed by atoms with Crippen molar-refractivity contribution in [1.82, 2.24) is 10.6 Å². The summed E-state index contributed by atoms with van der Waals surface area (Å²) in [6, 6.07) is 6.80. The SMILES string of the molecule is O=C(O)NCCNC1Cc2ccc(Br)cc2C1. The molecule has 0 heterocycles. The van der Waals surface area contributed by atoms with Gasteiger partial charge in [-0.1, -0.05) is 22.0 Å². The highest BCUT2D eigenvalue weighted by atomic mass is 79.9. The standard InChI is InChI=1S/C12H15BrN2O2/c13-10-2-1-8-6-11(7-9(8)5-10)14-3-4-15-12(16)17/h1-2,5,11,14-15H,3-4,6-7H2,(H,16,17). The third-order valence-electron chi connectivity index (χ3n) is 2.94. The van der Waals surface area contributed by atoms with Gasteiger partial charge in [-0.25, -0.2) is 4.79 Å². The molecule has 1 amide bonds. The first-order valence-electron chi connectivity index (χ1n) is 5.62. The Kier molecular flexibility index (Phi) is 4.02. The smallest absolute Gasteiger partial charge is 0.404 e. The third kappa shape index (κ3) is 3.44. The first kappa shape index (κ1) is 12.4. The van der Waals surface area contributed by atoms with Gasteiger partial charge in [-0.2, -0.15) is 0 Å². The second-order valence-corrected chi connectivity index (χ2v) is 5.12. The fourth-order valence-electron chi connectivity index (χ4n) is 2.18. The van der Waals surface area contributed by atoms with Gasteiger partial charge in [0, 0.05) is 23.6 Å². The quantitative estimate of drug-likeness (QED) is 0.743. The van der Waals surface area contributed by atoms with Crippen LogP contribution in [0.25, 0.3) is 0 Å². The molecule has 92 valence electrons. The van der Waals surface area contributed by atoms with Crippen LogP contribution in [0.15, 0.2) is 22.7 Å². The predicted octanol–water partition coefficient (Wildman–Crippen LogP) is 1.77. The molecule has 0 saturated carbocycles. The summed E-state index contributed by atoms with van der Waals surface area (Å²) in [6.45, 7) is 1.12. The highest BCUT2D eigenvalue weighted by molar-refractivity contribution is 9.10. The molecule has 0 radical (unpaired) electrons. The highest BCUT2D eigenvalue weighted by Gasteiger charge is 2.20. The molecule has 17 heavy (non-hydrogen) atoms. The first-order chi connectivity index (χ1) is 8.15. The normalized spacial score (nSPS) is 17.8. The average Bonchev–Trinajstić information content (AvgIpc) is 2.66. The lowest BCUT2D eigenvalue weighted by molar-refractivity contribution is 0.194. The molecule has 1 unspecified atom stereocenters. The number of fused-ring (bicyclic) bond motifs is 1. The predicted molar refractivity (Wildman–Crippen MR) is 69.4 cm³/mol. The minimum Gasteiger partial charge on any atom is -0.465 e. The fraction of sp³-hybridized carbons (Fsp3) is 0.417. The van der Waals surface area contributed by atoms with E-state index in [-0.39, 0.29) is 0 Å². The molecule has 4 nitrogen and oxygen atoms in total. The van der Waals surface area contributed by atoms with E-state index in [2.05, 4.69) is 44.8 Å². The van der Waals surface area contributed by atoms with Crippen molar-refractivity contribution in [2.45, 2.75) is 18.9 Å². The zero-order valence-electron chi connectivity index (χ0n) is 9.37. The van der Waals surface area contributed by atoms with Crippen LogP contribution >= 0.6 is 15.9 Å². The summed E-state index contributed by atoms with van der Waals surface area (Å²) < 4.78 is 1.12. The van der Waals surface area contributed by atoms with Crippen LogP contribution < -0.4 is 10.6 Å². The Morgan fingerprint density at radius 2 is 2.12 bits per heavy atom. The topological polar surface area (TPSA) is 61.4 Å². The number of rotatable bonds is 4. The van der Waals surface area contributed by atoms with Gasteiger partial charge in [0.25, 0.3) is 0 Å². The number of nitrogens with one attached hydrogen (secondary N) is 2. The molecule has 2 rings (SSSR count). The summed E-state index contributed by atoms with van der Waals surface area (Å²) in [5.41, 5.74) is 2.76. The van der Waals surface area contributed by atoms with E-state index >= 15 is 0 Å². The number of amides is 1. The van der Waals surface area contributed by atoms with Gasteiger partial charge in [0.2, 0.25) is 0 Å². The van der Waals surface area contributed by atoms with Crippen LogP contribution in [0.3, 0.4) is 0 Å². The molecule has 1 atom stereocenters. The van der Waals surface area contributed by atoms with E-state index < -0.39 is 6.09 Å². The first-order valence-corrected chi connectivity index (χ1v) is 6.42. The van der Waals surface area contributed by atoms with E-state index in [1.807, 2.05) is 0 Å². The molecule has 0 aromatic heterocycles. The van der Waals surface area contributed by atoms with E-state index in [4.69, 9.17) is 5.11 Å². The van der Waals surface area contributed by atoms with Gasteiger partial charge in [-0.3, -0.25) is 0 Å². The summed E-state index contributed by atoms with van der Waals surface area (Å²) in [5.74, 6) is 0. The lowest BCUT2D eigenvalue weighted by Crippen LogP contribution is -2.36. The van der Waals surface area contributed by atoms with Crippen LogP contribution in [-0.2, 0) is 12.8 Å². The Morgan fingerprint density at radius 3 is 2.88 bits per heavy atom. The van der Waals surface area contributed by atoms with Gasteiger partial charge in [0.1, 0.15) is 0 Å². The fourth-order valence-corrected chi connectivity index (χ4v) is 2.59. The molecule has 0 bridgehead atoms. The molecule has 0 fully saturated rings. The lowest BCUT2D eigenvalue weighted by atomic mass is 10.1. The van der Waals surface area contributed by atoms with Gasteiger partial charge in [0.05, 0.1) is 0 Å². The number of hydrogen-bond acceptors (Lipinski definition) is 2. The van der Waals surface area contributed by atoms with Gasteiger partial charge in [-0.05, 0) is 36.1 Å². The van der Waals surface area contributed by atoms with E-state index in [1.165, 1.54) is 11.1 Å². The largest absolute Gasteiger partial charge is 0.465 e. The van der Waals surface area contributed by atoms with Crippen molar-refractivity contribution in [1.29, 1.82) is 0 Å². The van der Waals surface area contributed by atoms with E-state index in [0.29, 0.717) is 19.1 Å². The zero-order valence-corrected chi connectivity index (χ0v) is 11.0. The van der Waals surface area contributed by atoms with Crippen molar-refractivity contribution in [3.05, 3.63) is 33.8 Å². The molecule has 3 N–H and O–H groups in total. The number of halogens is 1. The highest BCUT2D eigenvalue weighted by Crippen LogP contribution is 2.25. The van der Waals surface area contributed by atoms with Crippen molar-refractivity contribution in [3.63, 3.8) is 0 Å². The molecule has 1 aliphatic rings. The van der Waals surface area contributed by atoms with Gasteiger partial charge in [0.15, 0.2) is 0 Å². The lowest BCUT2D eigenvalue weighted by Gasteiger charge is -2.11. The number of carboxylic acid groups (broad SMARTS) is 1. The van der Waals surface area contributed by atoms with Crippen LogP contribution in [0.5, 0.6) is 0 Å². The Labute approximate surface area is 109 Å². The maximum absolute atomic E-state index is 10.3. The molecule has 1 aromatic carbocycles. The Morgan fingerprint density at radius 1 is 1.35 bits per heavy atom. The molecule has 1 aromatic rings. The third-order valence-corrected chi connectivity index (χ3v) is 3.43. The zero-order chi connectivity index (χ0) is 12.3. The second kappa shape index (κ2) is 5.51. The maximum Gasteiger partial charge on any atom is 0.404 e. The van der Waals surface area contributed by atoms with Gasteiger partial charge >= 0.3 is 6.09 Å². The monoisotopic (exact) mass is 298 g/mol. The van der Waals surface area contributed by atoms with E-state index in [1.54, 1.807) is 0 Å². The molecular formula is C12H15BrN2O2. The average molecular weight is 299 g/mol. The summed E-state index contributed by atoms with van der Waals surface area (Å²) in [5, 5.41) is 14.1. The molecule has 0 spiro atoms. The summed E-state index contributed by atoms with van der Waals surface area (Å²) >= 11 is 3.47. The van der Waals surface area contributed by atoms with Crippen LogP contribution in [0.4, 0.5) is 4.79 Å². The second-order valence-electron chi connectivity index (χ2n) is 4.20. The van der Waals surface area contributed by atoms with Gasteiger partial charge < -0.3 is 15.7 Å². The Bertz CT molecular complexity index is 423. The summed E-state index contributed by atoms with van der Waals surface area (Å²) in [4.78, 5) is 10.3. The van der Waals surface area contributed by atoms with Crippen LogP contribution in [0, 0.1) is 0 Å². The minimum atomic E-state index is -0.967. The Hall–Kier alpha value is -1.07. The van der Waals surface area contributed by atoms with Crippen molar-refractivity contribution in [2.24, 2.45) is 0 Å². The van der Waals surface area contributed by atoms with E-state index in [9.17, 15) is 4.79 Å². The van der Waals surface area contributed by atoms with Crippen LogP contribution in [-0.4, -0.2) is 30.3 Å². The molecule has 0 saturated heterocycles. The molecule has 0 aliphatic heterocycles. The van der Waals surface area contributed by atoms with E-state index in [0.717, 1.165) is 17.3 Å². The maximum atomic E-state index is 10.3. The molecule has 5 heteroatoms.